The summed E-state index contributed by atoms with van der Waals surface area (Å²) in [6, 6.07) is 0. The number of unbranched alkanes of at least 4 members (excludes halogenated alkanes) is 5. The Labute approximate surface area is 183 Å². The van der Waals surface area contributed by atoms with E-state index in [2.05, 4.69) is 57.0 Å². The molecule has 0 aromatic heterocycles. The third kappa shape index (κ3) is 12.3. The Kier molecular flexibility index (Phi) is 16.0. The summed E-state index contributed by atoms with van der Waals surface area (Å²) in [6.07, 6.45) is 31.6. The van der Waals surface area contributed by atoms with E-state index in [9.17, 15) is 0 Å². The van der Waals surface area contributed by atoms with E-state index >= 15 is 0 Å². The average Bonchev–Trinajstić information content (AvgIpc) is 2.69. The van der Waals surface area contributed by atoms with Crippen molar-refractivity contribution in [2.75, 3.05) is 13.6 Å². The van der Waals surface area contributed by atoms with Gasteiger partial charge >= 0.3 is 0 Å². The molecule has 0 heterocycles. The highest BCUT2D eigenvalue weighted by Crippen LogP contribution is 2.26. The van der Waals surface area contributed by atoms with Gasteiger partial charge in [0.15, 0.2) is 0 Å². The molecule has 1 aliphatic rings. The van der Waals surface area contributed by atoms with Gasteiger partial charge in [0.25, 0.3) is 0 Å². The number of nitrogens with zero attached hydrogens (tertiary/aromatic N) is 1. The fourth-order valence-corrected chi connectivity index (χ4v) is 4.79. The largest absolute Gasteiger partial charge is 0.374 e. The van der Waals surface area contributed by atoms with Gasteiger partial charge in [0.1, 0.15) is 0 Å². The van der Waals surface area contributed by atoms with Crippen molar-refractivity contribution >= 4 is 0 Å². The summed E-state index contributed by atoms with van der Waals surface area (Å²) in [5, 5.41) is 0. The summed E-state index contributed by atoms with van der Waals surface area (Å²) in [7, 11) is 2.29. The molecule has 0 atom stereocenters. The van der Waals surface area contributed by atoms with E-state index in [0.29, 0.717) is 0 Å². The number of hydrogen-bond acceptors (Lipinski definition) is 1. The second kappa shape index (κ2) is 17.8. The fraction of sp³-hybridized carbons (Fsp3) is 0.786. The fourth-order valence-electron chi connectivity index (χ4n) is 4.79. The molecule has 168 valence electrons. The first kappa shape index (κ1) is 26.1. The summed E-state index contributed by atoms with van der Waals surface area (Å²) in [5.74, 6) is 1.02. The smallest absolute Gasteiger partial charge is 0.0392 e. The first-order valence-corrected chi connectivity index (χ1v) is 12.9. The topological polar surface area (TPSA) is 3.24 Å². The lowest BCUT2D eigenvalue weighted by Gasteiger charge is -2.24. The van der Waals surface area contributed by atoms with Crippen LogP contribution in [0.25, 0.3) is 0 Å². The molecule has 0 amide bonds. The van der Waals surface area contributed by atoms with Crippen LogP contribution in [0.4, 0.5) is 0 Å². The third-order valence-corrected chi connectivity index (χ3v) is 6.56. The van der Waals surface area contributed by atoms with Crippen LogP contribution in [-0.4, -0.2) is 18.5 Å². The van der Waals surface area contributed by atoms with Crippen LogP contribution in [0.1, 0.15) is 124 Å². The van der Waals surface area contributed by atoms with Crippen molar-refractivity contribution in [2.24, 2.45) is 5.92 Å². The Bertz CT molecular complexity index is 463. The van der Waals surface area contributed by atoms with Gasteiger partial charge in [0.2, 0.25) is 0 Å². The molecule has 1 nitrogen and oxygen atoms in total. The highest BCUT2D eigenvalue weighted by atomic mass is 15.1. The minimum atomic E-state index is 1.02. The highest BCUT2D eigenvalue weighted by molar-refractivity contribution is 5.32. The molecule has 0 spiro atoms. The van der Waals surface area contributed by atoms with Crippen LogP contribution >= 0.6 is 0 Å². The summed E-state index contributed by atoms with van der Waals surface area (Å²) >= 11 is 0. The van der Waals surface area contributed by atoms with Crippen LogP contribution in [0.15, 0.2) is 35.6 Å². The monoisotopic (exact) mass is 401 g/mol. The first-order chi connectivity index (χ1) is 14.2. The van der Waals surface area contributed by atoms with Gasteiger partial charge < -0.3 is 4.90 Å². The zero-order valence-electron chi connectivity index (χ0n) is 20.4. The van der Waals surface area contributed by atoms with Crippen molar-refractivity contribution in [2.45, 2.75) is 124 Å². The molecule has 1 saturated carbocycles. The molecule has 0 aliphatic heterocycles. The van der Waals surface area contributed by atoms with E-state index in [1.54, 1.807) is 0 Å². The van der Waals surface area contributed by atoms with Crippen LogP contribution in [0.2, 0.25) is 0 Å². The van der Waals surface area contributed by atoms with Crippen molar-refractivity contribution < 1.29 is 0 Å². The lowest BCUT2D eigenvalue weighted by Crippen LogP contribution is -2.19. The standard InChI is InChI=1S/C28H51N/c1-5-8-9-17-24-27(19-6-2)28(20-7-3)29(4)25-18-13-16-23-26-21-14-11-10-12-15-22-26/h6-7,19-20,26H,5,8-18,21-25H2,1-4H3/b19-6-,20-7-,28-27-. The molecule has 0 bridgehead atoms. The Morgan fingerprint density at radius 1 is 0.793 bits per heavy atom. The van der Waals surface area contributed by atoms with Crippen LogP contribution < -0.4 is 0 Å². The number of rotatable bonds is 14. The Morgan fingerprint density at radius 3 is 2.10 bits per heavy atom. The molecule has 0 radical (unpaired) electrons. The Hall–Kier alpha value is -0.980. The van der Waals surface area contributed by atoms with Crippen molar-refractivity contribution in [1.82, 2.24) is 4.90 Å². The quantitative estimate of drug-likeness (QED) is 0.207. The maximum atomic E-state index is 2.50. The molecule has 0 aromatic rings. The zero-order valence-corrected chi connectivity index (χ0v) is 20.4. The second-order valence-corrected chi connectivity index (χ2v) is 9.20. The van der Waals surface area contributed by atoms with Gasteiger partial charge in [-0.3, -0.25) is 0 Å². The summed E-state index contributed by atoms with van der Waals surface area (Å²) < 4.78 is 0. The number of likely N-dealkylation sites (N-methyl/N-ethyl adjacent to an activating group) is 1. The number of allylic oxidation sites excluding steroid dienone is 5. The van der Waals surface area contributed by atoms with Crippen LogP contribution in [-0.2, 0) is 0 Å². The molecule has 0 saturated heterocycles. The normalized spacial score (nSPS) is 17.5. The lowest BCUT2D eigenvalue weighted by molar-refractivity contribution is 0.340. The first-order valence-electron chi connectivity index (χ1n) is 12.9. The van der Waals surface area contributed by atoms with Gasteiger partial charge in [-0.15, -0.1) is 0 Å². The molecule has 29 heavy (non-hydrogen) atoms. The molecular formula is C28H51N. The Morgan fingerprint density at radius 2 is 1.45 bits per heavy atom. The van der Waals surface area contributed by atoms with E-state index in [-0.39, 0.29) is 0 Å². The Balaban J connectivity index is 2.45. The third-order valence-electron chi connectivity index (χ3n) is 6.56. The molecule has 1 aliphatic carbocycles. The highest BCUT2D eigenvalue weighted by Gasteiger charge is 2.11. The predicted octanol–water partition coefficient (Wildman–Crippen LogP) is 9.22. The minimum absolute atomic E-state index is 1.02. The number of hydrogen-bond donors (Lipinski definition) is 0. The molecule has 1 heteroatoms. The van der Waals surface area contributed by atoms with Gasteiger partial charge in [-0.2, -0.15) is 0 Å². The molecule has 0 unspecified atom stereocenters. The second-order valence-electron chi connectivity index (χ2n) is 9.20. The SMILES string of the molecule is C\C=C/C(CCCCCC)=C(\C=C/C)N(C)CCCCCC1CCCCCCC1. The van der Waals surface area contributed by atoms with Gasteiger partial charge in [-0.25, -0.2) is 0 Å². The summed E-state index contributed by atoms with van der Waals surface area (Å²) in [6.45, 7) is 7.77. The van der Waals surface area contributed by atoms with Crippen LogP contribution in [0.3, 0.4) is 0 Å². The van der Waals surface area contributed by atoms with E-state index in [4.69, 9.17) is 0 Å². The molecular weight excluding hydrogens is 350 g/mol. The van der Waals surface area contributed by atoms with E-state index in [1.165, 1.54) is 121 Å². The summed E-state index contributed by atoms with van der Waals surface area (Å²) in [5.41, 5.74) is 2.95. The maximum Gasteiger partial charge on any atom is 0.0392 e. The van der Waals surface area contributed by atoms with Crippen LogP contribution in [0, 0.1) is 5.92 Å². The van der Waals surface area contributed by atoms with E-state index < -0.39 is 0 Å². The molecule has 0 aromatic carbocycles. The zero-order chi connectivity index (χ0) is 21.2. The van der Waals surface area contributed by atoms with Crippen LogP contribution in [0.5, 0.6) is 0 Å². The average molecular weight is 402 g/mol. The maximum absolute atomic E-state index is 2.50. The van der Waals surface area contributed by atoms with E-state index in [1.807, 2.05) is 0 Å². The van der Waals surface area contributed by atoms with Gasteiger partial charge in [-0.05, 0) is 50.7 Å². The minimum Gasteiger partial charge on any atom is -0.374 e. The van der Waals surface area contributed by atoms with E-state index in [0.717, 1.165) is 5.92 Å². The summed E-state index contributed by atoms with van der Waals surface area (Å²) in [4.78, 5) is 2.50. The lowest BCUT2D eigenvalue weighted by atomic mass is 9.87. The van der Waals surface area contributed by atoms with Gasteiger partial charge in [0, 0.05) is 19.3 Å². The van der Waals surface area contributed by atoms with Gasteiger partial charge in [-0.1, -0.05) is 109 Å². The van der Waals surface area contributed by atoms with Crippen molar-refractivity contribution in [3.8, 4) is 0 Å². The molecule has 1 rings (SSSR count). The predicted molar refractivity (Wildman–Crippen MR) is 132 cm³/mol. The van der Waals surface area contributed by atoms with Gasteiger partial charge in [0.05, 0.1) is 0 Å². The molecule has 0 N–H and O–H groups in total. The van der Waals surface area contributed by atoms with Crippen molar-refractivity contribution in [3.63, 3.8) is 0 Å². The van der Waals surface area contributed by atoms with Crippen molar-refractivity contribution in [1.29, 1.82) is 0 Å². The van der Waals surface area contributed by atoms with Crippen molar-refractivity contribution in [3.05, 3.63) is 35.6 Å². The molecule has 1 fully saturated rings.